The zero-order valence-electron chi connectivity index (χ0n) is 18.2. The Balaban J connectivity index is 1.80. The maximum Gasteiger partial charge on any atom is 0.145 e. The van der Waals surface area contributed by atoms with Gasteiger partial charge in [0.1, 0.15) is 11.5 Å². The van der Waals surface area contributed by atoms with Crippen molar-refractivity contribution in [2.75, 3.05) is 0 Å². The molecule has 0 bridgehead atoms. The molecule has 29 heavy (non-hydrogen) atoms. The smallest absolute Gasteiger partial charge is 0.145 e. The predicted molar refractivity (Wildman–Crippen MR) is 124 cm³/mol. The summed E-state index contributed by atoms with van der Waals surface area (Å²) < 4.78 is 5.88. The summed E-state index contributed by atoms with van der Waals surface area (Å²) in [7, 11) is 0. The molecule has 0 radical (unpaired) electrons. The Morgan fingerprint density at radius 3 is 1.34 bits per heavy atom. The molecule has 0 atom stereocenters. The Bertz CT molecular complexity index is 945. The van der Waals surface area contributed by atoms with Gasteiger partial charge in [0.2, 0.25) is 0 Å². The SMILES string of the molecule is CC(C)(C)c1ccccc1N=Cc1ccc(C=Nc2ccccc2C(C)(C)C)o1. The molecule has 0 amide bonds. The molecule has 0 aliphatic carbocycles. The molecule has 3 heteroatoms. The summed E-state index contributed by atoms with van der Waals surface area (Å²) >= 11 is 0. The van der Waals surface area contributed by atoms with Gasteiger partial charge < -0.3 is 4.42 Å². The van der Waals surface area contributed by atoms with Gasteiger partial charge in [0.15, 0.2) is 0 Å². The fourth-order valence-corrected chi connectivity index (χ4v) is 3.21. The van der Waals surface area contributed by atoms with Crippen LogP contribution >= 0.6 is 0 Å². The summed E-state index contributed by atoms with van der Waals surface area (Å²) in [6, 6.07) is 20.3. The minimum absolute atomic E-state index is 0.0371. The molecule has 0 aliphatic rings. The molecular formula is C26H30N2O. The van der Waals surface area contributed by atoms with Crippen molar-refractivity contribution < 1.29 is 4.42 Å². The van der Waals surface area contributed by atoms with Crippen LogP contribution in [0.1, 0.15) is 64.2 Å². The Morgan fingerprint density at radius 1 is 0.586 bits per heavy atom. The standard InChI is InChI=1S/C26H30N2O/c1-25(2,3)21-11-7-9-13-23(21)27-17-19-15-16-20(29-19)18-28-24-14-10-8-12-22(24)26(4,5)6/h7-18H,1-6H3. The molecule has 3 nitrogen and oxygen atoms in total. The van der Waals surface area contributed by atoms with E-state index < -0.39 is 0 Å². The Morgan fingerprint density at radius 2 is 0.966 bits per heavy atom. The summed E-state index contributed by atoms with van der Waals surface area (Å²) in [4.78, 5) is 9.32. The van der Waals surface area contributed by atoms with Crippen LogP contribution in [0.4, 0.5) is 11.4 Å². The van der Waals surface area contributed by atoms with Crippen molar-refractivity contribution in [2.45, 2.75) is 52.4 Å². The van der Waals surface area contributed by atoms with E-state index in [-0.39, 0.29) is 10.8 Å². The topological polar surface area (TPSA) is 37.9 Å². The van der Waals surface area contributed by atoms with Gasteiger partial charge in [-0.25, -0.2) is 0 Å². The molecule has 0 saturated heterocycles. The van der Waals surface area contributed by atoms with E-state index in [1.807, 2.05) is 36.4 Å². The first-order valence-electron chi connectivity index (χ1n) is 10.0. The molecule has 1 heterocycles. The number of hydrogen-bond acceptors (Lipinski definition) is 3. The lowest BCUT2D eigenvalue weighted by atomic mass is 9.86. The molecule has 1 aromatic heterocycles. The highest BCUT2D eigenvalue weighted by atomic mass is 16.3. The second-order valence-corrected chi connectivity index (χ2v) is 9.29. The summed E-state index contributed by atoms with van der Waals surface area (Å²) in [5.74, 6) is 1.42. The van der Waals surface area contributed by atoms with Gasteiger partial charge in [0.05, 0.1) is 23.8 Å². The van der Waals surface area contributed by atoms with E-state index in [0.717, 1.165) is 11.4 Å². The Labute approximate surface area is 174 Å². The van der Waals surface area contributed by atoms with Crippen molar-refractivity contribution in [2.24, 2.45) is 9.98 Å². The van der Waals surface area contributed by atoms with Crippen LogP contribution in [0.25, 0.3) is 0 Å². The normalized spacial score (nSPS) is 12.9. The van der Waals surface area contributed by atoms with E-state index in [4.69, 9.17) is 4.42 Å². The molecule has 150 valence electrons. The quantitative estimate of drug-likeness (QED) is 0.431. The fraction of sp³-hybridized carbons (Fsp3) is 0.308. The average molecular weight is 387 g/mol. The van der Waals surface area contributed by atoms with Crippen molar-refractivity contribution in [1.29, 1.82) is 0 Å². The third-order valence-corrected chi connectivity index (χ3v) is 4.73. The summed E-state index contributed by atoms with van der Waals surface area (Å²) in [5, 5.41) is 0. The second kappa shape index (κ2) is 8.20. The largest absolute Gasteiger partial charge is 0.454 e. The summed E-state index contributed by atoms with van der Waals surface area (Å²) in [6.45, 7) is 13.2. The van der Waals surface area contributed by atoms with E-state index in [2.05, 4.69) is 75.8 Å². The monoisotopic (exact) mass is 386 g/mol. The van der Waals surface area contributed by atoms with Crippen molar-refractivity contribution in [3.8, 4) is 0 Å². The molecule has 0 aliphatic heterocycles. The molecule has 3 rings (SSSR count). The first-order chi connectivity index (χ1) is 13.6. The number of nitrogens with zero attached hydrogens (tertiary/aromatic N) is 2. The van der Waals surface area contributed by atoms with Crippen LogP contribution in [0, 0.1) is 0 Å². The fourth-order valence-electron chi connectivity index (χ4n) is 3.21. The number of para-hydroxylation sites is 2. The van der Waals surface area contributed by atoms with Crippen LogP contribution < -0.4 is 0 Å². The van der Waals surface area contributed by atoms with Crippen LogP contribution in [0.15, 0.2) is 75.1 Å². The number of aliphatic imine (C=N–C) groups is 2. The molecule has 0 saturated carbocycles. The van der Waals surface area contributed by atoms with Crippen LogP contribution in [0.3, 0.4) is 0 Å². The van der Waals surface area contributed by atoms with E-state index in [0.29, 0.717) is 11.5 Å². The van der Waals surface area contributed by atoms with Gasteiger partial charge in [-0.1, -0.05) is 77.9 Å². The van der Waals surface area contributed by atoms with E-state index in [9.17, 15) is 0 Å². The lowest BCUT2D eigenvalue weighted by molar-refractivity contribution is 0.553. The second-order valence-electron chi connectivity index (χ2n) is 9.29. The zero-order valence-corrected chi connectivity index (χ0v) is 18.2. The maximum atomic E-state index is 5.88. The van der Waals surface area contributed by atoms with Crippen molar-refractivity contribution in [3.05, 3.63) is 83.3 Å². The first kappa shape index (κ1) is 20.8. The van der Waals surface area contributed by atoms with Crippen LogP contribution in [-0.2, 0) is 10.8 Å². The maximum absolute atomic E-state index is 5.88. The molecule has 0 fully saturated rings. The third kappa shape index (κ3) is 5.32. The van der Waals surface area contributed by atoms with Gasteiger partial charge in [-0.2, -0.15) is 0 Å². The highest BCUT2D eigenvalue weighted by molar-refractivity contribution is 5.84. The molecule has 0 unspecified atom stereocenters. The number of furan rings is 1. The first-order valence-corrected chi connectivity index (χ1v) is 10.0. The zero-order chi connectivity index (χ0) is 21.1. The van der Waals surface area contributed by atoms with Gasteiger partial charge in [0.25, 0.3) is 0 Å². The van der Waals surface area contributed by atoms with Crippen LogP contribution in [0.5, 0.6) is 0 Å². The van der Waals surface area contributed by atoms with E-state index >= 15 is 0 Å². The minimum Gasteiger partial charge on any atom is -0.454 e. The molecule has 0 spiro atoms. The Kier molecular flexibility index (Phi) is 5.88. The lowest BCUT2D eigenvalue weighted by Gasteiger charge is -2.20. The molecular weight excluding hydrogens is 356 g/mol. The van der Waals surface area contributed by atoms with Crippen LogP contribution in [0.2, 0.25) is 0 Å². The summed E-state index contributed by atoms with van der Waals surface area (Å²) in [6.07, 6.45) is 3.54. The third-order valence-electron chi connectivity index (χ3n) is 4.73. The van der Waals surface area contributed by atoms with Crippen LogP contribution in [-0.4, -0.2) is 12.4 Å². The lowest BCUT2D eigenvalue weighted by Crippen LogP contribution is -2.11. The number of rotatable bonds is 4. The van der Waals surface area contributed by atoms with Gasteiger partial charge >= 0.3 is 0 Å². The minimum atomic E-state index is 0.0371. The highest BCUT2D eigenvalue weighted by Gasteiger charge is 2.17. The predicted octanol–water partition coefficient (Wildman–Crippen LogP) is 7.38. The molecule has 3 aromatic rings. The number of benzene rings is 2. The van der Waals surface area contributed by atoms with Gasteiger partial charge in [-0.15, -0.1) is 0 Å². The average Bonchev–Trinajstić information content (AvgIpc) is 3.11. The van der Waals surface area contributed by atoms with Gasteiger partial charge in [0, 0.05) is 0 Å². The van der Waals surface area contributed by atoms with E-state index in [1.165, 1.54) is 11.1 Å². The molecule has 0 N–H and O–H groups in total. The van der Waals surface area contributed by atoms with Gasteiger partial charge in [-0.05, 0) is 46.2 Å². The van der Waals surface area contributed by atoms with E-state index in [1.54, 1.807) is 12.4 Å². The summed E-state index contributed by atoms with van der Waals surface area (Å²) in [5.41, 5.74) is 4.42. The van der Waals surface area contributed by atoms with Crippen molar-refractivity contribution in [1.82, 2.24) is 0 Å². The molecule has 2 aromatic carbocycles. The number of hydrogen-bond donors (Lipinski definition) is 0. The van der Waals surface area contributed by atoms with Gasteiger partial charge in [-0.3, -0.25) is 9.98 Å². The van der Waals surface area contributed by atoms with Crippen molar-refractivity contribution >= 4 is 23.8 Å². The Hall–Kier alpha value is -2.94. The van der Waals surface area contributed by atoms with Crippen molar-refractivity contribution in [3.63, 3.8) is 0 Å². The highest BCUT2D eigenvalue weighted by Crippen LogP contribution is 2.32.